The zero-order valence-corrected chi connectivity index (χ0v) is 7.74. The topological polar surface area (TPSA) is 54.4 Å². The van der Waals surface area contributed by atoms with Gasteiger partial charge in [-0.1, -0.05) is 19.3 Å². The van der Waals surface area contributed by atoms with Gasteiger partial charge >= 0.3 is 5.97 Å². The van der Waals surface area contributed by atoms with E-state index in [4.69, 9.17) is 5.11 Å². The van der Waals surface area contributed by atoms with Crippen molar-refractivity contribution >= 4 is 12.3 Å². The predicted octanol–water partition coefficient (Wildman–Crippen LogP) is 1.86. The second-order valence-electron chi connectivity index (χ2n) is 3.80. The summed E-state index contributed by atoms with van der Waals surface area (Å²) in [5.41, 5.74) is 0. The Morgan fingerprint density at radius 1 is 1.38 bits per heavy atom. The van der Waals surface area contributed by atoms with Crippen LogP contribution in [0.1, 0.15) is 38.5 Å². The molecule has 0 bridgehead atoms. The van der Waals surface area contributed by atoms with Gasteiger partial charge in [-0.25, -0.2) is 0 Å². The fourth-order valence-electron chi connectivity index (χ4n) is 2.09. The number of carboxylic acids is 1. The first-order valence-electron chi connectivity index (χ1n) is 4.91. The lowest BCUT2D eigenvalue weighted by molar-refractivity contribution is -0.140. The Bertz CT molecular complexity index is 183. The second kappa shape index (κ2) is 5.00. The van der Waals surface area contributed by atoms with E-state index in [-0.39, 0.29) is 12.3 Å². The third-order valence-corrected chi connectivity index (χ3v) is 2.84. The van der Waals surface area contributed by atoms with Gasteiger partial charge in [0.25, 0.3) is 0 Å². The molecule has 0 aromatic rings. The average Bonchev–Trinajstić information content (AvgIpc) is 2.15. The number of hydrogen-bond acceptors (Lipinski definition) is 2. The van der Waals surface area contributed by atoms with E-state index < -0.39 is 5.97 Å². The quantitative estimate of drug-likeness (QED) is 0.678. The zero-order valence-electron chi connectivity index (χ0n) is 7.74. The van der Waals surface area contributed by atoms with Crippen LogP contribution in [-0.2, 0) is 9.59 Å². The molecule has 1 saturated carbocycles. The molecule has 13 heavy (non-hydrogen) atoms. The third-order valence-electron chi connectivity index (χ3n) is 2.84. The fourth-order valence-corrected chi connectivity index (χ4v) is 2.09. The van der Waals surface area contributed by atoms with Gasteiger partial charge in [-0.15, -0.1) is 0 Å². The lowest BCUT2D eigenvalue weighted by Gasteiger charge is -2.25. The summed E-state index contributed by atoms with van der Waals surface area (Å²) in [5, 5.41) is 8.59. The van der Waals surface area contributed by atoms with Gasteiger partial charge in [0, 0.05) is 5.92 Å². The van der Waals surface area contributed by atoms with Crippen molar-refractivity contribution in [3.63, 3.8) is 0 Å². The number of carbonyl (C=O) groups is 2. The smallest absolute Gasteiger partial charge is 0.304 e. The van der Waals surface area contributed by atoms with Crippen LogP contribution in [0.2, 0.25) is 0 Å². The summed E-state index contributed by atoms with van der Waals surface area (Å²) < 4.78 is 0. The van der Waals surface area contributed by atoms with Gasteiger partial charge in [-0.3, -0.25) is 4.79 Å². The predicted molar refractivity (Wildman–Crippen MR) is 48.4 cm³/mol. The van der Waals surface area contributed by atoms with E-state index in [0.717, 1.165) is 32.0 Å². The van der Waals surface area contributed by atoms with Crippen molar-refractivity contribution in [1.29, 1.82) is 0 Å². The largest absolute Gasteiger partial charge is 0.481 e. The minimum atomic E-state index is -0.859. The van der Waals surface area contributed by atoms with E-state index in [0.29, 0.717) is 5.92 Å². The maximum absolute atomic E-state index is 10.7. The van der Waals surface area contributed by atoms with Crippen LogP contribution in [0.25, 0.3) is 0 Å². The van der Waals surface area contributed by atoms with E-state index in [1.54, 1.807) is 0 Å². The first-order valence-corrected chi connectivity index (χ1v) is 4.91. The molecule has 3 nitrogen and oxygen atoms in total. The minimum absolute atomic E-state index is 0.00810. The lowest BCUT2D eigenvalue weighted by atomic mass is 9.79. The lowest BCUT2D eigenvalue weighted by Crippen LogP contribution is -2.21. The van der Waals surface area contributed by atoms with Gasteiger partial charge in [0.05, 0.1) is 6.42 Å². The molecule has 0 saturated heterocycles. The molecule has 1 N–H and O–H groups in total. The Hall–Kier alpha value is -0.860. The van der Waals surface area contributed by atoms with Crippen molar-refractivity contribution in [2.24, 2.45) is 11.8 Å². The van der Waals surface area contributed by atoms with E-state index in [9.17, 15) is 9.59 Å². The van der Waals surface area contributed by atoms with Gasteiger partial charge in [0.2, 0.25) is 0 Å². The van der Waals surface area contributed by atoms with E-state index in [1.807, 2.05) is 0 Å². The van der Waals surface area contributed by atoms with Gasteiger partial charge < -0.3 is 9.90 Å². The average molecular weight is 184 g/mol. The van der Waals surface area contributed by atoms with Crippen LogP contribution in [0.3, 0.4) is 0 Å². The Morgan fingerprint density at radius 2 is 2.00 bits per heavy atom. The molecule has 74 valence electrons. The Balaban J connectivity index is 2.43. The summed E-state index contributed by atoms with van der Waals surface area (Å²) in [6.45, 7) is 0. The fraction of sp³-hybridized carbons (Fsp3) is 0.800. The third kappa shape index (κ3) is 3.17. The second-order valence-corrected chi connectivity index (χ2v) is 3.80. The van der Waals surface area contributed by atoms with Crippen molar-refractivity contribution in [3.8, 4) is 0 Å². The summed E-state index contributed by atoms with van der Waals surface area (Å²) in [7, 11) is 0. The molecule has 0 radical (unpaired) electrons. The standard InChI is InChI=1S/C10H16O3/c11-7-9(6-10(12)13)8-4-2-1-3-5-8/h7-9H,1-6H2,(H,12,13). The molecule has 1 fully saturated rings. The van der Waals surface area contributed by atoms with Crippen LogP contribution in [0, 0.1) is 11.8 Å². The Labute approximate surface area is 78.1 Å². The number of aldehydes is 1. The monoisotopic (exact) mass is 184 g/mol. The molecule has 1 aliphatic carbocycles. The minimum Gasteiger partial charge on any atom is -0.481 e. The molecule has 0 aromatic carbocycles. The molecular formula is C10H16O3. The van der Waals surface area contributed by atoms with E-state index >= 15 is 0 Å². The Kier molecular flexibility index (Phi) is 3.93. The highest BCUT2D eigenvalue weighted by Crippen LogP contribution is 2.30. The number of carbonyl (C=O) groups excluding carboxylic acids is 1. The van der Waals surface area contributed by atoms with Crippen LogP contribution >= 0.6 is 0 Å². The van der Waals surface area contributed by atoms with Gasteiger partial charge in [0.1, 0.15) is 6.29 Å². The maximum atomic E-state index is 10.7. The van der Waals surface area contributed by atoms with Crippen molar-refractivity contribution < 1.29 is 14.7 Å². The summed E-state index contributed by atoms with van der Waals surface area (Å²) in [6.07, 6.45) is 6.41. The summed E-state index contributed by atoms with van der Waals surface area (Å²) in [4.78, 5) is 21.1. The van der Waals surface area contributed by atoms with Crippen molar-refractivity contribution in [2.75, 3.05) is 0 Å². The first-order chi connectivity index (χ1) is 6.24. The molecule has 0 heterocycles. The highest BCUT2D eigenvalue weighted by atomic mass is 16.4. The maximum Gasteiger partial charge on any atom is 0.304 e. The molecule has 3 heteroatoms. The molecule has 1 unspecified atom stereocenters. The molecule has 0 aliphatic heterocycles. The molecule has 1 atom stereocenters. The summed E-state index contributed by atoms with van der Waals surface area (Å²) >= 11 is 0. The summed E-state index contributed by atoms with van der Waals surface area (Å²) in [6, 6.07) is 0. The van der Waals surface area contributed by atoms with Crippen molar-refractivity contribution in [3.05, 3.63) is 0 Å². The number of carboxylic acid groups (broad SMARTS) is 1. The zero-order chi connectivity index (χ0) is 9.68. The first kappa shape index (κ1) is 10.2. The van der Waals surface area contributed by atoms with Crippen LogP contribution in [0.5, 0.6) is 0 Å². The molecule has 1 aliphatic rings. The normalized spacial score (nSPS) is 20.9. The van der Waals surface area contributed by atoms with Crippen molar-refractivity contribution in [2.45, 2.75) is 38.5 Å². The Morgan fingerprint density at radius 3 is 2.46 bits per heavy atom. The van der Waals surface area contributed by atoms with E-state index in [1.165, 1.54) is 6.42 Å². The van der Waals surface area contributed by atoms with Gasteiger partial charge in [0.15, 0.2) is 0 Å². The molecule has 0 spiro atoms. The molecule has 0 aromatic heterocycles. The van der Waals surface area contributed by atoms with Crippen LogP contribution in [-0.4, -0.2) is 17.4 Å². The highest BCUT2D eigenvalue weighted by molar-refractivity contribution is 5.71. The number of hydrogen-bond donors (Lipinski definition) is 1. The molecule has 0 amide bonds. The molecular weight excluding hydrogens is 168 g/mol. The van der Waals surface area contributed by atoms with Crippen LogP contribution < -0.4 is 0 Å². The molecule has 1 rings (SSSR count). The SMILES string of the molecule is O=CC(CC(=O)O)C1CCCCC1. The van der Waals surface area contributed by atoms with Crippen molar-refractivity contribution in [1.82, 2.24) is 0 Å². The van der Waals surface area contributed by atoms with Crippen LogP contribution in [0.15, 0.2) is 0 Å². The summed E-state index contributed by atoms with van der Waals surface area (Å²) in [5.74, 6) is -0.789. The van der Waals surface area contributed by atoms with Gasteiger partial charge in [-0.05, 0) is 18.8 Å². The highest BCUT2D eigenvalue weighted by Gasteiger charge is 2.24. The number of aliphatic carboxylic acids is 1. The number of rotatable bonds is 4. The van der Waals surface area contributed by atoms with E-state index in [2.05, 4.69) is 0 Å². The van der Waals surface area contributed by atoms with Crippen LogP contribution in [0.4, 0.5) is 0 Å². The van der Waals surface area contributed by atoms with Gasteiger partial charge in [-0.2, -0.15) is 0 Å².